The van der Waals surface area contributed by atoms with Crippen LogP contribution in [0.1, 0.15) is 25.0 Å². The van der Waals surface area contributed by atoms with E-state index >= 15 is 0 Å². The van der Waals surface area contributed by atoms with Crippen molar-refractivity contribution in [2.45, 2.75) is 25.9 Å². The summed E-state index contributed by atoms with van der Waals surface area (Å²) in [6.07, 6.45) is 2.15. The summed E-state index contributed by atoms with van der Waals surface area (Å²) in [6, 6.07) is 3.61. The number of oxime groups is 1. The number of ether oxygens (including phenoxy) is 1. The molecule has 4 heteroatoms. The lowest BCUT2D eigenvalue weighted by atomic mass is 10.0. The second-order valence-corrected chi connectivity index (χ2v) is 4.70. The van der Waals surface area contributed by atoms with Crippen LogP contribution in [0, 0.1) is 0 Å². The molecule has 0 aliphatic carbocycles. The van der Waals surface area contributed by atoms with Crippen molar-refractivity contribution in [3.63, 3.8) is 0 Å². The van der Waals surface area contributed by atoms with Gasteiger partial charge in [0.25, 0.3) is 0 Å². The van der Waals surface area contributed by atoms with Gasteiger partial charge in [0.1, 0.15) is 11.4 Å². The lowest BCUT2D eigenvalue weighted by molar-refractivity contribution is 0.138. The van der Waals surface area contributed by atoms with E-state index in [0.717, 1.165) is 17.7 Å². The molecule has 3 nitrogen and oxygen atoms in total. The molecule has 0 unspecified atom stereocenters. The minimum atomic E-state index is -0.217. The summed E-state index contributed by atoms with van der Waals surface area (Å²) in [7, 11) is 0. The molecule has 2 rings (SSSR count). The summed E-state index contributed by atoms with van der Waals surface area (Å²) in [5, 5.41) is 12.2. The van der Waals surface area contributed by atoms with Gasteiger partial charge in [-0.1, -0.05) is 16.8 Å². The first-order valence-electron chi connectivity index (χ1n) is 4.71. The van der Waals surface area contributed by atoms with Crippen LogP contribution in [0.2, 0.25) is 5.02 Å². The zero-order valence-electron chi connectivity index (χ0n) is 8.62. The Morgan fingerprint density at radius 1 is 1.53 bits per heavy atom. The van der Waals surface area contributed by atoms with E-state index in [2.05, 4.69) is 5.16 Å². The molecular formula is C11H12ClNO2. The summed E-state index contributed by atoms with van der Waals surface area (Å²) in [4.78, 5) is 0. The highest BCUT2D eigenvalue weighted by atomic mass is 35.5. The van der Waals surface area contributed by atoms with E-state index in [1.165, 1.54) is 6.21 Å². The van der Waals surface area contributed by atoms with Gasteiger partial charge in [0, 0.05) is 22.6 Å². The lowest BCUT2D eigenvalue weighted by Crippen LogP contribution is -2.24. The van der Waals surface area contributed by atoms with Crippen molar-refractivity contribution >= 4 is 17.8 Å². The Hall–Kier alpha value is -1.22. The molecule has 0 radical (unpaired) electrons. The fourth-order valence-corrected chi connectivity index (χ4v) is 2.11. The highest BCUT2D eigenvalue weighted by Crippen LogP contribution is 2.38. The van der Waals surface area contributed by atoms with Crippen LogP contribution in [0.15, 0.2) is 17.3 Å². The second-order valence-electron chi connectivity index (χ2n) is 4.27. The highest BCUT2D eigenvalue weighted by Gasteiger charge is 2.31. The molecular weight excluding hydrogens is 214 g/mol. The Kier molecular flexibility index (Phi) is 2.35. The van der Waals surface area contributed by atoms with Crippen LogP contribution in [0.25, 0.3) is 0 Å². The number of fused-ring (bicyclic) bond motifs is 1. The number of benzene rings is 1. The molecule has 1 aromatic rings. The van der Waals surface area contributed by atoms with Crippen LogP contribution in [0.5, 0.6) is 5.75 Å². The summed E-state index contributed by atoms with van der Waals surface area (Å²) in [6.45, 7) is 4.03. The Labute approximate surface area is 93.3 Å². The van der Waals surface area contributed by atoms with Crippen LogP contribution in [-0.2, 0) is 6.42 Å². The molecule has 0 fully saturated rings. The SMILES string of the molecule is CC1(C)Cc2cc(Cl)cc(/C=N\O)c2O1. The predicted molar refractivity (Wildman–Crippen MR) is 59.2 cm³/mol. The van der Waals surface area contributed by atoms with E-state index in [9.17, 15) is 0 Å². The van der Waals surface area contributed by atoms with E-state index in [1.807, 2.05) is 19.9 Å². The summed E-state index contributed by atoms with van der Waals surface area (Å²) >= 11 is 5.96. The molecule has 0 amide bonds. The summed E-state index contributed by atoms with van der Waals surface area (Å²) in [5.74, 6) is 0.766. The molecule has 0 saturated heterocycles. The standard InChI is InChI=1S/C11H12ClNO2/c1-11(2)5-7-3-9(12)4-8(6-13-14)10(7)15-11/h3-4,6,14H,5H2,1-2H3/b13-6-. The Morgan fingerprint density at radius 3 is 2.93 bits per heavy atom. The van der Waals surface area contributed by atoms with Crippen molar-refractivity contribution in [3.8, 4) is 5.75 Å². The number of halogens is 1. The number of hydrogen-bond acceptors (Lipinski definition) is 3. The molecule has 0 saturated carbocycles. The van der Waals surface area contributed by atoms with Gasteiger partial charge in [0.05, 0.1) is 6.21 Å². The van der Waals surface area contributed by atoms with Crippen molar-refractivity contribution in [1.82, 2.24) is 0 Å². The third-order valence-corrected chi connectivity index (χ3v) is 2.57. The van der Waals surface area contributed by atoms with Gasteiger partial charge in [-0.15, -0.1) is 0 Å². The van der Waals surface area contributed by atoms with Crippen molar-refractivity contribution in [1.29, 1.82) is 0 Å². The van der Waals surface area contributed by atoms with Crippen molar-refractivity contribution in [2.24, 2.45) is 5.16 Å². The number of nitrogens with zero attached hydrogens (tertiary/aromatic N) is 1. The van der Waals surface area contributed by atoms with Crippen LogP contribution in [0.3, 0.4) is 0 Å². The third-order valence-electron chi connectivity index (χ3n) is 2.35. The van der Waals surface area contributed by atoms with E-state index < -0.39 is 0 Å². The maximum absolute atomic E-state index is 8.54. The topological polar surface area (TPSA) is 41.8 Å². The molecule has 15 heavy (non-hydrogen) atoms. The lowest BCUT2D eigenvalue weighted by Gasteiger charge is -2.17. The van der Waals surface area contributed by atoms with Gasteiger partial charge in [-0.3, -0.25) is 0 Å². The van der Waals surface area contributed by atoms with Crippen molar-refractivity contribution in [2.75, 3.05) is 0 Å². The first-order chi connectivity index (χ1) is 7.02. The van der Waals surface area contributed by atoms with Crippen molar-refractivity contribution in [3.05, 3.63) is 28.3 Å². The smallest absolute Gasteiger partial charge is 0.132 e. The Balaban J connectivity index is 2.53. The average molecular weight is 226 g/mol. The molecule has 0 aromatic heterocycles. The third kappa shape index (κ3) is 1.92. The second kappa shape index (κ2) is 3.42. The van der Waals surface area contributed by atoms with Gasteiger partial charge in [0.15, 0.2) is 0 Å². The zero-order chi connectivity index (χ0) is 11.1. The van der Waals surface area contributed by atoms with Crippen LogP contribution >= 0.6 is 11.6 Å². The predicted octanol–water partition coefficient (Wildman–Crippen LogP) is 2.86. The minimum Gasteiger partial charge on any atom is -0.487 e. The zero-order valence-corrected chi connectivity index (χ0v) is 9.38. The highest BCUT2D eigenvalue weighted by molar-refractivity contribution is 6.31. The van der Waals surface area contributed by atoms with E-state index in [1.54, 1.807) is 6.07 Å². The fraction of sp³-hybridized carbons (Fsp3) is 0.364. The maximum Gasteiger partial charge on any atom is 0.132 e. The van der Waals surface area contributed by atoms with Gasteiger partial charge >= 0.3 is 0 Å². The van der Waals surface area contributed by atoms with Gasteiger partial charge in [-0.2, -0.15) is 0 Å². The molecule has 1 aliphatic rings. The molecule has 0 atom stereocenters. The molecule has 1 aliphatic heterocycles. The van der Waals surface area contributed by atoms with Crippen LogP contribution < -0.4 is 4.74 Å². The van der Waals surface area contributed by atoms with Gasteiger partial charge in [-0.25, -0.2) is 0 Å². The first-order valence-corrected chi connectivity index (χ1v) is 5.08. The molecule has 1 aromatic carbocycles. The van der Waals surface area contributed by atoms with Gasteiger partial charge in [-0.05, 0) is 26.0 Å². The largest absolute Gasteiger partial charge is 0.487 e. The summed E-state index contributed by atoms with van der Waals surface area (Å²) in [5.41, 5.74) is 1.55. The summed E-state index contributed by atoms with van der Waals surface area (Å²) < 4.78 is 5.77. The maximum atomic E-state index is 8.54. The molecule has 1 N–H and O–H groups in total. The van der Waals surface area contributed by atoms with Crippen LogP contribution in [-0.4, -0.2) is 17.0 Å². The average Bonchev–Trinajstić information content (AvgIpc) is 2.40. The van der Waals surface area contributed by atoms with E-state index in [-0.39, 0.29) is 5.60 Å². The van der Waals surface area contributed by atoms with Gasteiger partial charge in [0.2, 0.25) is 0 Å². The molecule has 1 heterocycles. The van der Waals surface area contributed by atoms with Crippen LogP contribution in [0.4, 0.5) is 0 Å². The van der Waals surface area contributed by atoms with E-state index in [4.69, 9.17) is 21.5 Å². The number of hydrogen-bond donors (Lipinski definition) is 1. The monoisotopic (exact) mass is 225 g/mol. The Bertz CT molecular complexity index is 427. The minimum absolute atomic E-state index is 0.217. The fourth-order valence-electron chi connectivity index (χ4n) is 1.86. The number of rotatable bonds is 1. The Morgan fingerprint density at radius 2 is 2.27 bits per heavy atom. The first kappa shape index (κ1) is 10.3. The van der Waals surface area contributed by atoms with Gasteiger partial charge < -0.3 is 9.94 Å². The normalized spacial score (nSPS) is 17.8. The van der Waals surface area contributed by atoms with E-state index in [0.29, 0.717) is 10.6 Å². The molecule has 0 spiro atoms. The molecule has 80 valence electrons. The molecule has 0 bridgehead atoms. The quantitative estimate of drug-likeness (QED) is 0.454. The van der Waals surface area contributed by atoms with Crippen molar-refractivity contribution < 1.29 is 9.94 Å².